The van der Waals surface area contributed by atoms with Crippen LogP contribution < -0.4 is 5.43 Å². The molecule has 6 heteroatoms. The normalized spacial score (nSPS) is 34.5. The van der Waals surface area contributed by atoms with Crippen LogP contribution in [0.15, 0.2) is 0 Å². The quantitative estimate of drug-likeness (QED) is 0.287. The predicted molar refractivity (Wildman–Crippen MR) is 33.3 cm³/mol. The van der Waals surface area contributed by atoms with Gasteiger partial charge in [-0.15, -0.1) is 0 Å². The molecule has 0 amide bonds. The number of esters is 1. The summed E-state index contributed by atoms with van der Waals surface area (Å²) in [6.07, 6.45) is 0. The molecule has 1 aliphatic rings. The van der Waals surface area contributed by atoms with Crippen LogP contribution >= 0.6 is 0 Å². The molecule has 0 aromatic carbocycles. The third-order valence-corrected chi connectivity index (χ3v) is 1.57. The first-order chi connectivity index (χ1) is 5.05. The van der Waals surface area contributed by atoms with Crippen molar-refractivity contribution in [3.8, 4) is 0 Å². The zero-order chi connectivity index (χ0) is 8.65. The Hall–Kier alpha value is -1.14. The number of hydrogen-bond donors (Lipinski definition) is 2. The number of hydrazine groups is 1. The lowest BCUT2D eigenvalue weighted by Gasteiger charge is -2.03. The fraction of sp³-hybridized carbons (Fsp3) is 0.600. The predicted octanol–water partition coefficient (Wildman–Crippen LogP) is -1.61. The topological polar surface area (TPSA) is 88.6 Å². The molecule has 0 spiro atoms. The summed E-state index contributed by atoms with van der Waals surface area (Å²) in [5.74, 6) is -2.07. The lowest BCUT2D eigenvalue weighted by molar-refractivity contribution is -0.156. The largest absolute Gasteiger partial charge is 0.478 e. The standard InChI is InChI=1S/C5H8N2O4/c1-7-5(6-7,3(8)9)4(10)11-2/h6H,1-2H3,(H,8,9). The number of rotatable bonds is 2. The summed E-state index contributed by atoms with van der Waals surface area (Å²) in [4.78, 5) is 21.3. The van der Waals surface area contributed by atoms with Gasteiger partial charge in [-0.2, -0.15) is 0 Å². The molecule has 0 bridgehead atoms. The molecule has 62 valence electrons. The maximum Gasteiger partial charge on any atom is 0.356 e. The van der Waals surface area contributed by atoms with Gasteiger partial charge in [0.05, 0.1) is 7.11 Å². The molecule has 1 rings (SSSR count). The number of methoxy groups -OCH3 is 1. The number of ether oxygens (including phenoxy) is 1. The lowest BCUT2D eigenvalue weighted by atomic mass is 10.2. The second kappa shape index (κ2) is 2.18. The van der Waals surface area contributed by atoms with E-state index >= 15 is 0 Å². The van der Waals surface area contributed by atoms with Gasteiger partial charge >= 0.3 is 11.9 Å². The van der Waals surface area contributed by atoms with Gasteiger partial charge in [0.2, 0.25) is 0 Å². The zero-order valence-corrected chi connectivity index (χ0v) is 6.12. The van der Waals surface area contributed by atoms with Crippen molar-refractivity contribution in [2.45, 2.75) is 5.66 Å². The third-order valence-electron chi connectivity index (χ3n) is 1.57. The minimum atomic E-state index is -1.64. The van der Waals surface area contributed by atoms with Gasteiger partial charge in [0.1, 0.15) is 0 Å². The Bertz CT molecular complexity index is 217. The number of carbonyl (C=O) groups excluding carboxylic acids is 1. The smallest absolute Gasteiger partial charge is 0.356 e. The molecule has 6 nitrogen and oxygen atoms in total. The van der Waals surface area contributed by atoms with E-state index in [0.29, 0.717) is 0 Å². The number of nitrogens with one attached hydrogen (secondary N) is 1. The molecule has 0 radical (unpaired) electrons. The molecular weight excluding hydrogens is 152 g/mol. The maximum atomic E-state index is 10.8. The van der Waals surface area contributed by atoms with Crippen LogP contribution in [0.2, 0.25) is 0 Å². The minimum absolute atomic E-state index is 0.813. The molecular formula is C5H8N2O4. The number of carboxylic acids is 1. The molecule has 2 atom stereocenters. The average molecular weight is 160 g/mol. The van der Waals surface area contributed by atoms with Gasteiger partial charge in [-0.1, -0.05) is 0 Å². The summed E-state index contributed by atoms with van der Waals surface area (Å²) in [6, 6.07) is 0. The van der Waals surface area contributed by atoms with E-state index in [1.807, 2.05) is 0 Å². The summed E-state index contributed by atoms with van der Waals surface area (Å²) < 4.78 is 4.29. The molecule has 0 aliphatic carbocycles. The van der Waals surface area contributed by atoms with Crippen molar-refractivity contribution in [2.75, 3.05) is 14.2 Å². The Kier molecular flexibility index (Phi) is 1.57. The minimum Gasteiger partial charge on any atom is -0.478 e. The van der Waals surface area contributed by atoms with Gasteiger partial charge in [-0.25, -0.2) is 20.0 Å². The van der Waals surface area contributed by atoms with E-state index in [9.17, 15) is 9.59 Å². The van der Waals surface area contributed by atoms with Crippen molar-refractivity contribution in [1.82, 2.24) is 10.4 Å². The van der Waals surface area contributed by atoms with Gasteiger partial charge in [0.15, 0.2) is 0 Å². The van der Waals surface area contributed by atoms with Gasteiger partial charge in [-0.05, 0) is 0 Å². The summed E-state index contributed by atoms with van der Waals surface area (Å²) in [5.41, 5.74) is 0.710. The van der Waals surface area contributed by atoms with Gasteiger partial charge in [0, 0.05) is 7.05 Å². The SMILES string of the molecule is COC(=O)C1(C(=O)O)NN1C. The van der Waals surface area contributed by atoms with Crippen LogP contribution in [-0.4, -0.2) is 41.9 Å². The zero-order valence-electron chi connectivity index (χ0n) is 6.12. The lowest BCUT2D eigenvalue weighted by Crippen LogP contribution is -2.40. The van der Waals surface area contributed by atoms with E-state index in [2.05, 4.69) is 10.2 Å². The highest BCUT2D eigenvalue weighted by atomic mass is 16.5. The number of hydrogen-bond acceptors (Lipinski definition) is 5. The first kappa shape index (κ1) is 7.96. The molecule has 2 unspecified atom stereocenters. The summed E-state index contributed by atoms with van der Waals surface area (Å²) in [6.45, 7) is 0. The first-order valence-corrected chi connectivity index (χ1v) is 2.89. The monoisotopic (exact) mass is 160 g/mol. The van der Waals surface area contributed by atoms with Gasteiger partial charge in [-0.3, -0.25) is 0 Å². The van der Waals surface area contributed by atoms with Crippen LogP contribution in [0.5, 0.6) is 0 Å². The van der Waals surface area contributed by atoms with Crippen LogP contribution in [0.25, 0.3) is 0 Å². The van der Waals surface area contributed by atoms with E-state index in [-0.39, 0.29) is 0 Å². The second-order valence-electron chi connectivity index (χ2n) is 2.18. The van der Waals surface area contributed by atoms with Crippen molar-refractivity contribution in [3.63, 3.8) is 0 Å². The number of carboxylic acid groups (broad SMARTS) is 1. The molecule has 0 saturated carbocycles. The van der Waals surface area contributed by atoms with Crippen molar-refractivity contribution in [2.24, 2.45) is 0 Å². The van der Waals surface area contributed by atoms with Crippen LogP contribution in [0, 0.1) is 0 Å². The maximum absolute atomic E-state index is 10.8. The first-order valence-electron chi connectivity index (χ1n) is 2.89. The highest BCUT2D eigenvalue weighted by Crippen LogP contribution is 2.23. The van der Waals surface area contributed by atoms with Crippen LogP contribution in [0.4, 0.5) is 0 Å². The van der Waals surface area contributed by atoms with E-state index < -0.39 is 17.6 Å². The molecule has 1 saturated heterocycles. The van der Waals surface area contributed by atoms with E-state index in [0.717, 1.165) is 7.11 Å². The van der Waals surface area contributed by atoms with E-state index in [1.165, 1.54) is 12.1 Å². The average Bonchev–Trinajstić information content (AvgIpc) is 2.61. The molecule has 1 fully saturated rings. The van der Waals surface area contributed by atoms with Gasteiger partial charge in [0.25, 0.3) is 5.66 Å². The highest BCUT2D eigenvalue weighted by Gasteiger charge is 2.64. The summed E-state index contributed by atoms with van der Waals surface area (Å²) in [5, 5.41) is 9.74. The third kappa shape index (κ3) is 0.873. The summed E-state index contributed by atoms with van der Waals surface area (Å²) >= 11 is 0. The Morgan fingerprint density at radius 3 is 2.18 bits per heavy atom. The Morgan fingerprint density at radius 1 is 1.64 bits per heavy atom. The highest BCUT2D eigenvalue weighted by molar-refractivity contribution is 6.06. The van der Waals surface area contributed by atoms with Crippen molar-refractivity contribution in [3.05, 3.63) is 0 Å². The molecule has 2 N–H and O–H groups in total. The number of likely N-dealkylation sites (N-methyl/N-ethyl adjacent to an activating group) is 1. The van der Waals surface area contributed by atoms with Crippen molar-refractivity contribution >= 4 is 11.9 Å². The van der Waals surface area contributed by atoms with Crippen LogP contribution in [0.1, 0.15) is 0 Å². The van der Waals surface area contributed by atoms with E-state index in [1.54, 1.807) is 0 Å². The molecule has 11 heavy (non-hydrogen) atoms. The van der Waals surface area contributed by atoms with Crippen molar-refractivity contribution < 1.29 is 19.4 Å². The molecule has 1 aliphatic heterocycles. The summed E-state index contributed by atoms with van der Waals surface area (Å²) in [7, 11) is 2.59. The fourth-order valence-electron chi connectivity index (χ4n) is 0.827. The number of nitrogens with zero attached hydrogens (tertiary/aromatic N) is 1. The van der Waals surface area contributed by atoms with Crippen LogP contribution in [-0.2, 0) is 14.3 Å². The Labute approximate surface area is 62.7 Å². The fourth-order valence-corrected chi connectivity index (χ4v) is 0.827. The van der Waals surface area contributed by atoms with Crippen molar-refractivity contribution in [1.29, 1.82) is 0 Å². The Balaban J connectivity index is 2.80. The number of carbonyl (C=O) groups is 2. The molecule has 0 aromatic heterocycles. The van der Waals surface area contributed by atoms with Crippen LogP contribution in [0.3, 0.4) is 0 Å². The Morgan fingerprint density at radius 2 is 2.09 bits per heavy atom. The molecule has 1 heterocycles. The van der Waals surface area contributed by atoms with E-state index in [4.69, 9.17) is 5.11 Å². The second-order valence-corrected chi connectivity index (χ2v) is 2.18. The number of aliphatic carboxylic acids is 1. The van der Waals surface area contributed by atoms with Gasteiger partial charge < -0.3 is 9.84 Å². The molecule has 0 aromatic rings.